The van der Waals surface area contributed by atoms with Crippen LogP contribution in [0.1, 0.15) is 11.1 Å². The van der Waals surface area contributed by atoms with Crippen molar-refractivity contribution in [2.45, 2.75) is 0 Å². The number of aromatic nitrogens is 2. The van der Waals surface area contributed by atoms with Gasteiger partial charge in [0.2, 0.25) is 0 Å². The average molecular weight is 636 g/mol. The molecule has 0 saturated heterocycles. The molecule has 0 fully saturated rings. The van der Waals surface area contributed by atoms with Crippen LogP contribution in [0.3, 0.4) is 0 Å². The fourth-order valence-electron chi connectivity index (χ4n) is 7.44. The van der Waals surface area contributed by atoms with Gasteiger partial charge in [0.1, 0.15) is 0 Å². The van der Waals surface area contributed by atoms with Crippen LogP contribution in [-0.4, -0.2) is 9.13 Å². The molecule has 0 atom stereocenters. The zero-order chi connectivity index (χ0) is 33.8. The molecule has 9 rings (SSSR count). The highest BCUT2D eigenvalue weighted by molar-refractivity contribution is 6.12. The van der Waals surface area contributed by atoms with Crippen molar-refractivity contribution in [3.8, 4) is 45.8 Å². The lowest BCUT2D eigenvalue weighted by molar-refractivity contribution is 1.18. The predicted molar refractivity (Wildman–Crippen MR) is 202 cm³/mol. The molecule has 5 heteroatoms. The van der Waals surface area contributed by atoms with Crippen molar-refractivity contribution >= 4 is 49.3 Å². The number of hydrogen-bond donors (Lipinski definition) is 0. The summed E-state index contributed by atoms with van der Waals surface area (Å²) in [7, 11) is 0. The first-order chi connectivity index (χ1) is 24.7. The van der Waals surface area contributed by atoms with Crippen molar-refractivity contribution in [3.63, 3.8) is 0 Å². The van der Waals surface area contributed by atoms with Crippen LogP contribution < -0.4 is 0 Å². The van der Waals surface area contributed by atoms with Gasteiger partial charge in [0.25, 0.3) is 0 Å². The maximum absolute atomic E-state index is 9.94. The summed E-state index contributed by atoms with van der Waals surface area (Å²) in [6.07, 6.45) is 0. The van der Waals surface area contributed by atoms with Crippen LogP contribution in [0.4, 0.5) is 5.69 Å². The van der Waals surface area contributed by atoms with Gasteiger partial charge in [-0.05, 0) is 82.9 Å². The third-order valence-corrected chi connectivity index (χ3v) is 9.61. The highest BCUT2D eigenvalue weighted by atomic mass is 15.0. The first-order valence-electron chi connectivity index (χ1n) is 16.3. The number of fused-ring (bicyclic) bond motifs is 6. The summed E-state index contributed by atoms with van der Waals surface area (Å²) in [5.74, 6) is 0. The molecule has 0 aliphatic carbocycles. The molecule has 5 nitrogen and oxygen atoms in total. The Labute approximate surface area is 288 Å². The van der Waals surface area contributed by atoms with E-state index in [2.05, 4.69) is 98.9 Å². The van der Waals surface area contributed by atoms with Crippen LogP contribution in [0.25, 0.3) is 82.1 Å². The predicted octanol–water partition coefficient (Wildman–Crippen LogP) is 11.5. The largest absolute Gasteiger partial charge is 0.309 e. The molecule has 0 N–H and O–H groups in total. The summed E-state index contributed by atoms with van der Waals surface area (Å²) >= 11 is 0. The second kappa shape index (κ2) is 11.4. The van der Waals surface area contributed by atoms with Gasteiger partial charge in [-0.25, -0.2) is 4.85 Å². The Bertz CT molecular complexity index is 2970. The van der Waals surface area contributed by atoms with E-state index in [0.29, 0.717) is 16.8 Å². The van der Waals surface area contributed by atoms with Crippen molar-refractivity contribution in [2.75, 3.05) is 0 Å². The Morgan fingerprint density at radius 3 is 2.02 bits per heavy atom. The van der Waals surface area contributed by atoms with Crippen LogP contribution in [0.5, 0.6) is 0 Å². The number of benzene rings is 7. The van der Waals surface area contributed by atoms with E-state index in [9.17, 15) is 10.5 Å². The molecule has 50 heavy (non-hydrogen) atoms. The molecule has 7 aromatic carbocycles. The van der Waals surface area contributed by atoms with E-state index in [1.54, 1.807) is 0 Å². The van der Waals surface area contributed by atoms with Gasteiger partial charge in [-0.3, -0.25) is 0 Å². The van der Waals surface area contributed by atoms with Gasteiger partial charge in [0.15, 0.2) is 5.69 Å². The van der Waals surface area contributed by atoms with Gasteiger partial charge >= 0.3 is 0 Å². The lowest BCUT2D eigenvalue weighted by Crippen LogP contribution is -1.97. The number of hydrogen-bond acceptors (Lipinski definition) is 2. The number of nitriles is 2. The second-order valence-electron chi connectivity index (χ2n) is 12.3. The molecule has 0 radical (unpaired) electrons. The molecule has 0 unspecified atom stereocenters. The van der Waals surface area contributed by atoms with E-state index in [4.69, 9.17) is 6.57 Å². The molecule has 0 spiro atoms. The minimum absolute atomic E-state index is 0.566. The Hall–Kier alpha value is -7.39. The lowest BCUT2D eigenvalue weighted by Gasteiger charge is -2.16. The molecular weight excluding hydrogens is 611 g/mol. The van der Waals surface area contributed by atoms with E-state index in [-0.39, 0.29) is 0 Å². The van der Waals surface area contributed by atoms with Crippen LogP contribution in [0.2, 0.25) is 0 Å². The van der Waals surface area contributed by atoms with E-state index < -0.39 is 0 Å². The quantitative estimate of drug-likeness (QED) is 0.181. The van der Waals surface area contributed by atoms with E-state index in [1.165, 1.54) is 0 Å². The van der Waals surface area contributed by atoms with E-state index >= 15 is 0 Å². The zero-order valence-electron chi connectivity index (χ0n) is 26.7. The molecule has 2 aromatic heterocycles. The molecule has 0 aliphatic rings. The molecule has 2 heterocycles. The SMILES string of the molecule is [C-]#[N+]c1ccc(-c2cccc(-n3c4ccccc4c4c(C#N)cccc43)c2)cc1-c1ccccc1-n1c2ccccc2c2cc(C#N)ccc21. The first-order valence-corrected chi connectivity index (χ1v) is 16.3. The molecule has 0 bridgehead atoms. The van der Waals surface area contributed by atoms with Crippen LogP contribution >= 0.6 is 0 Å². The third-order valence-electron chi connectivity index (χ3n) is 9.61. The molecule has 9 aromatic rings. The van der Waals surface area contributed by atoms with Crippen molar-refractivity contribution in [2.24, 2.45) is 0 Å². The van der Waals surface area contributed by atoms with Crippen molar-refractivity contribution in [1.29, 1.82) is 10.5 Å². The average Bonchev–Trinajstić information content (AvgIpc) is 3.70. The van der Waals surface area contributed by atoms with Crippen molar-refractivity contribution < 1.29 is 0 Å². The summed E-state index contributed by atoms with van der Waals surface area (Å²) in [5.41, 5.74) is 11.6. The van der Waals surface area contributed by atoms with Crippen LogP contribution in [0.15, 0.2) is 152 Å². The van der Waals surface area contributed by atoms with Gasteiger partial charge in [-0.1, -0.05) is 91.0 Å². The lowest BCUT2D eigenvalue weighted by atomic mass is 9.96. The van der Waals surface area contributed by atoms with Gasteiger partial charge in [-0.15, -0.1) is 0 Å². The maximum Gasteiger partial charge on any atom is 0.195 e. The van der Waals surface area contributed by atoms with Gasteiger partial charge in [0, 0.05) is 27.2 Å². The minimum atomic E-state index is 0.566. The fraction of sp³-hybridized carbons (Fsp3) is 0. The van der Waals surface area contributed by atoms with Crippen LogP contribution in [-0.2, 0) is 0 Å². The normalized spacial score (nSPS) is 11.1. The molecule has 0 aliphatic heterocycles. The fourth-order valence-corrected chi connectivity index (χ4v) is 7.44. The maximum atomic E-state index is 9.94. The number of nitrogens with zero attached hydrogens (tertiary/aromatic N) is 5. The summed E-state index contributed by atoms with van der Waals surface area (Å²) in [5, 5.41) is 23.7. The summed E-state index contributed by atoms with van der Waals surface area (Å²) in [4.78, 5) is 3.97. The minimum Gasteiger partial charge on any atom is -0.309 e. The Morgan fingerprint density at radius 2 is 1.20 bits per heavy atom. The van der Waals surface area contributed by atoms with Crippen molar-refractivity contribution in [1.82, 2.24) is 9.13 Å². The third kappa shape index (κ3) is 4.31. The highest BCUT2D eigenvalue weighted by Crippen LogP contribution is 2.42. The molecular formula is C45H25N5. The molecule has 0 amide bonds. The summed E-state index contributed by atoms with van der Waals surface area (Å²) in [6, 6.07) is 55.5. The van der Waals surface area contributed by atoms with Gasteiger partial charge < -0.3 is 9.13 Å². The Balaban J connectivity index is 1.24. The summed E-state index contributed by atoms with van der Waals surface area (Å²) in [6.45, 7) is 8.14. The Morgan fingerprint density at radius 1 is 0.500 bits per heavy atom. The van der Waals surface area contributed by atoms with Gasteiger partial charge in [0.05, 0.1) is 57.6 Å². The topological polar surface area (TPSA) is 61.8 Å². The standard InChI is InChI=1S/C45H25N5/c1-48-39-22-21-31(30-10-8-12-33(25-30)49-42-18-7-4-15-36(42)45-32(28-47)11-9-19-44(45)49)26-37(39)34-13-2-5-16-40(34)50-41-17-6-3-14-35(41)38-24-29(27-46)20-23-43(38)50/h2-26H. The van der Waals surface area contributed by atoms with Crippen LogP contribution in [0, 0.1) is 29.2 Å². The van der Waals surface area contributed by atoms with E-state index in [1.807, 2.05) is 78.9 Å². The number of rotatable bonds is 4. The second-order valence-corrected chi connectivity index (χ2v) is 12.3. The highest BCUT2D eigenvalue weighted by Gasteiger charge is 2.19. The Kier molecular flexibility index (Phi) is 6.56. The van der Waals surface area contributed by atoms with E-state index in [0.717, 1.165) is 77.2 Å². The molecule has 230 valence electrons. The number of para-hydroxylation sites is 3. The summed E-state index contributed by atoms with van der Waals surface area (Å²) < 4.78 is 4.46. The smallest absolute Gasteiger partial charge is 0.195 e. The first kappa shape index (κ1) is 28.8. The van der Waals surface area contributed by atoms with Crippen molar-refractivity contribution in [3.05, 3.63) is 174 Å². The zero-order valence-corrected chi connectivity index (χ0v) is 26.7. The molecule has 0 saturated carbocycles. The van der Waals surface area contributed by atoms with Gasteiger partial charge in [-0.2, -0.15) is 10.5 Å². The monoisotopic (exact) mass is 635 g/mol.